The van der Waals surface area contributed by atoms with Crippen LogP contribution in [0.15, 0.2) is 10.3 Å². The topological polar surface area (TPSA) is 67.3 Å². The summed E-state index contributed by atoms with van der Waals surface area (Å²) in [5, 5.41) is 10.3. The summed E-state index contributed by atoms with van der Waals surface area (Å²) in [5.41, 5.74) is 0. The van der Waals surface area contributed by atoms with E-state index in [2.05, 4.69) is 24.5 Å². The van der Waals surface area contributed by atoms with Crippen molar-refractivity contribution >= 4 is 11.7 Å². The number of hydrogen-bond donors (Lipinski definition) is 0. The maximum atomic E-state index is 3.58. The van der Waals surface area contributed by atoms with Gasteiger partial charge in [0.1, 0.15) is 22.4 Å². The van der Waals surface area contributed by atoms with Crippen molar-refractivity contribution in [1.29, 1.82) is 0 Å². The van der Waals surface area contributed by atoms with Crippen LogP contribution < -0.4 is 4.91 Å². The first-order chi connectivity index (χ1) is 3.93. The van der Waals surface area contributed by atoms with E-state index in [0.29, 0.717) is 0 Å². The lowest BCUT2D eigenvalue weighted by Crippen LogP contribution is -2.31. The highest BCUT2D eigenvalue weighted by Crippen LogP contribution is 1.65. The smallest absolute Gasteiger partial charge is 0.0354 e. The summed E-state index contributed by atoms with van der Waals surface area (Å²) < 4.78 is 7.01. The zero-order valence-corrected chi connectivity index (χ0v) is 4.91. The van der Waals surface area contributed by atoms with Crippen LogP contribution in [0.3, 0.4) is 0 Å². The van der Waals surface area contributed by atoms with Gasteiger partial charge in [-0.25, -0.2) is 0 Å². The largest absolute Gasteiger partial charge is 0.221 e. The molecule has 1 heterocycles. The first-order valence-electron chi connectivity index (χ1n) is 1.81. The third-order valence-electron chi connectivity index (χ3n) is 0.432. The summed E-state index contributed by atoms with van der Waals surface area (Å²) in [6, 6.07) is 0. The maximum Gasteiger partial charge on any atom is 0.221 e. The summed E-state index contributed by atoms with van der Waals surface area (Å²) >= 11 is 0.978. The third kappa shape index (κ3) is 0.997. The number of nitrogens with zero attached hydrogens (tertiary/aromatic N) is 6. The van der Waals surface area contributed by atoms with Crippen LogP contribution in [0.25, 0.3) is 0 Å². The van der Waals surface area contributed by atoms with Crippen molar-refractivity contribution in [2.45, 2.75) is 0 Å². The van der Waals surface area contributed by atoms with Crippen molar-refractivity contribution < 1.29 is 4.91 Å². The predicted molar refractivity (Wildman–Crippen MR) is 24.1 cm³/mol. The molecule has 0 saturated heterocycles. The molecular weight excluding hydrogens is 128 g/mol. The molecule has 7 heteroatoms. The van der Waals surface area contributed by atoms with Gasteiger partial charge in [0.25, 0.3) is 0 Å². The van der Waals surface area contributed by atoms with Crippen molar-refractivity contribution in [2.24, 2.45) is 10.3 Å². The molecule has 0 aromatic carbocycles. The van der Waals surface area contributed by atoms with Crippen molar-refractivity contribution in [2.75, 3.05) is 7.05 Å². The van der Waals surface area contributed by atoms with Crippen LogP contribution in [-0.4, -0.2) is 21.2 Å². The first kappa shape index (κ1) is 5.16. The maximum absolute atomic E-state index is 3.58. The van der Waals surface area contributed by atoms with Gasteiger partial charge in [-0.05, 0) is 5.11 Å². The van der Waals surface area contributed by atoms with Gasteiger partial charge in [-0.1, -0.05) is 0 Å². The fourth-order valence-electron chi connectivity index (χ4n) is 0.229. The Kier molecular flexibility index (Phi) is 1.52. The summed E-state index contributed by atoms with van der Waals surface area (Å²) in [6.07, 6.45) is 0. The molecule has 0 unspecified atom stereocenters. The number of hydrogen-bond acceptors (Lipinski definition) is 6. The van der Waals surface area contributed by atoms with E-state index in [9.17, 15) is 0 Å². The lowest BCUT2D eigenvalue weighted by Gasteiger charge is -1.62. The average Bonchev–Trinajstić information content (AvgIpc) is 2.19. The monoisotopic (exact) mass is 131 g/mol. The molecule has 0 amide bonds. The van der Waals surface area contributed by atoms with Gasteiger partial charge in [-0.3, -0.25) is 0 Å². The minimum atomic E-state index is 0.978. The molecule has 1 aromatic rings. The van der Waals surface area contributed by atoms with Crippen LogP contribution in [0.2, 0.25) is 0 Å². The molecule has 0 atom stereocenters. The molecular formula is CH3N6S+. The Bertz CT molecular complexity index is 165. The Labute approximate surface area is 49.1 Å². The highest BCUT2D eigenvalue weighted by Gasteiger charge is 1.94. The Balaban J connectivity index is 2.77. The van der Waals surface area contributed by atoms with E-state index >= 15 is 0 Å². The van der Waals surface area contributed by atoms with Crippen LogP contribution >= 0.6 is 11.7 Å². The Morgan fingerprint density at radius 3 is 3.00 bits per heavy atom. The molecule has 0 radical (unpaired) electrons. The van der Waals surface area contributed by atoms with Crippen LogP contribution in [0.1, 0.15) is 0 Å². The van der Waals surface area contributed by atoms with Crippen LogP contribution in [0.4, 0.5) is 0 Å². The minimum absolute atomic E-state index is 0.978. The molecule has 0 fully saturated rings. The van der Waals surface area contributed by atoms with Gasteiger partial charge < -0.3 is 0 Å². The van der Waals surface area contributed by atoms with Crippen LogP contribution in [-0.2, 0) is 0 Å². The van der Waals surface area contributed by atoms with Gasteiger partial charge in [-0.15, -0.1) is 0 Å². The molecule has 0 saturated carbocycles. The van der Waals surface area contributed by atoms with Crippen molar-refractivity contribution in [1.82, 2.24) is 14.2 Å². The van der Waals surface area contributed by atoms with Gasteiger partial charge >= 0.3 is 0 Å². The quantitative estimate of drug-likeness (QED) is 0.365. The molecule has 0 N–H and O–H groups in total. The van der Waals surface area contributed by atoms with Crippen LogP contribution in [0.5, 0.6) is 0 Å². The van der Waals surface area contributed by atoms with Crippen molar-refractivity contribution in [3.63, 3.8) is 0 Å². The molecule has 1 aromatic heterocycles. The molecule has 0 spiro atoms. The standard InChI is InChI=1S/CH3N6S/c1-2-3-7-4-5-8-6-7/h1H3/q+1. The number of aromatic nitrogens is 4. The molecule has 0 aliphatic heterocycles. The van der Waals surface area contributed by atoms with Gasteiger partial charge in [0, 0.05) is 4.49 Å². The SMILES string of the molecule is CN=N[n+]1nnsn1. The van der Waals surface area contributed by atoms with Gasteiger partial charge in [0.2, 0.25) is 11.7 Å². The number of rotatable bonds is 1. The Hall–Kier alpha value is -0.980. The predicted octanol–water partition coefficient (Wildman–Crippen LogP) is -0.934. The van der Waals surface area contributed by atoms with E-state index in [0.717, 1.165) is 16.6 Å². The van der Waals surface area contributed by atoms with E-state index in [1.807, 2.05) is 0 Å². The Morgan fingerprint density at radius 1 is 1.62 bits per heavy atom. The normalized spacial score (nSPS) is 10.6. The molecule has 6 nitrogen and oxygen atoms in total. The molecule has 0 aliphatic rings. The zero-order chi connectivity index (χ0) is 5.82. The first-order valence-corrected chi connectivity index (χ1v) is 2.54. The van der Waals surface area contributed by atoms with Gasteiger partial charge in [-0.2, -0.15) is 0 Å². The molecule has 1 rings (SSSR count). The van der Waals surface area contributed by atoms with E-state index < -0.39 is 0 Å². The van der Waals surface area contributed by atoms with Gasteiger partial charge in [0.05, 0.1) is 4.49 Å². The van der Waals surface area contributed by atoms with E-state index in [4.69, 9.17) is 0 Å². The second-order valence-electron chi connectivity index (χ2n) is 0.892. The molecule has 42 valence electrons. The third-order valence-corrected chi connectivity index (χ3v) is 0.797. The molecule has 0 bridgehead atoms. The van der Waals surface area contributed by atoms with Crippen molar-refractivity contribution in [3.05, 3.63) is 0 Å². The van der Waals surface area contributed by atoms with Crippen molar-refractivity contribution in [3.8, 4) is 0 Å². The summed E-state index contributed by atoms with van der Waals surface area (Å²) in [6.45, 7) is 0. The highest BCUT2D eigenvalue weighted by molar-refractivity contribution is 6.98. The zero-order valence-electron chi connectivity index (χ0n) is 4.09. The summed E-state index contributed by atoms with van der Waals surface area (Å²) in [4.78, 5) is 1.05. The van der Waals surface area contributed by atoms with E-state index in [1.54, 1.807) is 0 Å². The van der Waals surface area contributed by atoms with E-state index in [-0.39, 0.29) is 0 Å². The average molecular weight is 131 g/mol. The highest BCUT2D eigenvalue weighted by atomic mass is 32.1. The summed E-state index contributed by atoms with van der Waals surface area (Å²) in [5.74, 6) is 0. The molecule has 0 aliphatic carbocycles. The Morgan fingerprint density at radius 2 is 2.50 bits per heavy atom. The van der Waals surface area contributed by atoms with Gasteiger partial charge in [0.15, 0.2) is 0 Å². The second kappa shape index (κ2) is 2.36. The van der Waals surface area contributed by atoms with E-state index in [1.165, 1.54) is 7.05 Å². The van der Waals surface area contributed by atoms with Crippen LogP contribution in [0, 0.1) is 0 Å². The lowest BCUT2D eigenvalue weighted by molar-refractivity contribution is -0.794. The fourth-order valence-corrected chi connectivity index (χ4v) is 0.490. The minimum Gasteiger partial charge on any atom is -0.0354 e. The fraction of sp³-hybridized carbons (Fsp3) is 1.00. The second-order valence-corrected chi connectivity index (χ2v) is 1.38. The molecule has 8 heavy (non-hydrogen) atoms. The summed E-state index contributed by atoms with van der Waals surface area (Å²) in [7, 11) is 1.54. The lowest BCUT2D eigenvalue weighted by atomic mass is 11.6.